The molecule has 0 aromatic heterocycles. The van der Waals surface area contributed by atoms with Crippen molar-refractivity contribution in [1.29, 1.82) is 5.26 Å². The lowest BCUT2D eigenvalue weighted by Gasteiger charge is -2.17. The Bertz CT molecular complexity index is 879. The van der Waals surface area contributed by atoms with Crippen molar-refractivity contribution in [2.45, 2.75) is 0 Å². The molecular weight excluding hydrogens is 370 g/mol. The summed E-state index contributed by atoms with van der Waals surface area (Å²) in [6.07, 6.45) is 0. The number of methoxy groups -OCH3 is 1. The number of carbonyl (C=O) groups excluding carboxylic acids is 2. The summed E-state index contributed by atoms with van der Waals surface area (Å²) >= 11 is 6.00. The SMILES string of the molecule is COc1cccc(NC(=O)CN(C)C(=O)COc2ccc(C#N)cc2Cl)c1. The Labute approximate surface area is 162 Å². The number of hydrogen-bond donors (Lipinski definition) is 1. The number of benzene rings is 2. The molecule has 0 radical (unpaired) electrons. The van der Waals surface area contributed by atoms with Gasteiger partial charge in [-0.15, -0.1) is 0 Å². The van der Waals surface area contributed by atoms with Gasteiger partial charge in [-0.2, -0.15) is 5.26 Å². The highest BCUT2D eigenvalue weighted by atomic mass is 35.5. The van der Waals surface area contributed by atoms with E-state index in [0.29, 0.717) is 22.7 Å². The molecule has 140 valence electrons. The molecule has 0 fully saturated rings. The lowest BCUT2D eigenvalue weighted by Crippen LogP contribution is -2.37. The maximum Gasteiger partial charge on any atom is 0.260 e. The summed E-state index contributed by atoms with van der Waals surface area (Å²) in [7, 11) is 3.03. The summed E-state index contributed by atoms with van der Waals surface area (Å²) in [5.74, 6) is 0.162. The smallest absolute Gasteiger partial charge is 0.260 e. The van der Waals surface area contributed by atoms with Crippen molar-refractivity contribution in [3.63, 3.8) is 0 Å². The molecule has 0 saturated heterocycles. The average molecular weight is 388 g/mol. The lowest BCUT2D eigenvalue weighted by molar-refractivity contribution is -0.135. The zero-order valence-electron chi connectivity index (χ0n) is 14.9. The molecule has 2 amide bonds. The Morgan fingerprint density at radius 2 is 2.04 bits per heavy atom. The molecule has 0 aliphatic heterocycles. The van der Waals surface area contributed by atoms with E-state index in [-0.39, 0.29) is 24.1 Å². The number of halogens is 1. The first kappa shape index (κ1) is 20.1. The van der Waals surface area contributed by atoms with Crippen LogP contribution in [-0.2, 0) is 9.59 Å². The lowest BCUT2D eigenvalue weighted by atomic mass is 10.2. The molecule has 7 nitrogen and oxygen atoms in total. The van der Waals surface area contributed by atoms with Gasteiger partial charge in [-0.05, 0) is 30.3 Å². The maximum absolute atomic E-state index is 12.1. The molecule has 2 rings (SSSR count). The molecule has 0 aliphatic carbocycles. The van der Waals surface area contributed by atoms with Gasteiger partial charge in [-0.3, -0.25) is 9.59 Å². The largest absolute Gasteiger partial charge is 0.497 e. The predicted octanol–water partition coefficient (Wildman–Crippen LogP) is 2.70. The van der Waals surface area contributed by atoms with Crippen LogP contribution in [-0.4, -0.2) is 44.0 Å². The second-order valence-electron chi connectivity index (χ2n) is 5.58. The van der Waals surface area contributed by atoms with Crippen LogP contribution < -0.4 is 14.8 Å². The van der Waals surface area contributed by atoms with Crippen LogP contribution in [0.4, 0.5) is 5.69 Å². The Morgan fingerprint density at radius 1 is 1.26 bits per heavy atom. The molecular formula is C19H18ClN3O4. The summed E-state index contributed by atoms with van der Waals surface area (Å²) < 4.78 is 10.5. The van der Waals surface area contributed by atoms with Gasteiger partial charge in [0.15, 0.2) is 6.61 Å². The van der Waals surface area contributed by atoms with Gasteiger partial charge < -0.3 is 19.7 Å². The third kappa shape index (κ3) is 5.90. The van der Waals surface area contributed by atoms with Gasteiger partial charge >= 0.3 is 0 Å². The summed E-state index contributed by atoms with van der Waals surface area (Å²) in [5, 5.41) is 11.7. The van der Waals surface area contributed by atoms with Crippen LogP contribution in [0.5, 0.6) is 11.5 Å². The standard InChI is InChI=1S/C19H18ClN3O4/c1-23(11-18(24)22-14-4-3-5-15(9-14)26-2)19(25)12-27-17-7-6-13(10-21)8-16(17)20/h3-9H,11-12H2,1-2H3,(H,22,24). The predicted molar refractivity (Wildman–Crippen MR) is 101 cm³/mol. The number of nitrogens with one attached hydrogen (secondary N) is 1. The molecule has 8 heteroatoms. The van der Waals surface area contributed by atoms with Crippen molar-refractivity contribution in [3.8, 4) is 17.6 Å². The summed E-state index contributed by atoms with van der Waals surface area (Å²) in [6, 6.07) is 13.4. The number of anilines is 1. The van der Waals surface area contributed by atoms with Crippen molar-refractivity contribution in [3.05, 3.63) is 53.1 Å². The Kier molecular flexibility index (Phi) is 7.03. The number of nitrogens with zero attached hydrogens (tertiary/aromatic N) is 2. The van der Waals surface area contributed by atoms with E-state index in [9.17, 15) is 9.59 Å². The van der Waals surface area contributed by atoms with Crippen molar-refractivity contribution < 1.29 is 19.1 Å². The minimum Gasteiger partial charge on any atom is -0.497 e. The van der Waals surface area contributed by atoms with Gasteiger partial charge in [0.05, 0.1) is 30.3 Å². The zero-order valence-corrected chi connectivity index (χ0v) is 15.6. The minimum atomic E-state index is -0.392. The van der Waals surface area contributed by atoms with E-state index in [2.05, 4.69) is 5.32 Å². The first-order chi connectivity index (χ1) is 12.9. The normalized spacial score (nSPS) is 9.85. The number of carbonyl (C=O) groups is 2. The molecule has 0 bridgehead atoms. The fourth-order valence-electron chi connectivity index (χ4n) is 2.14. The van der Waals surface area contributed by atoms with E-state index in [1.807, 2.05) is 6.07 Å². The monoisotopic (exact) mass is 387 g/mol. The molecule has 0 unspecified atom stereocenters. The fraction of sp³-hybridized carbons (Fsp3) is 0.211. The number of hydrogen-bond acceptors (Lipinski definition) is 5. The molecule has 0 atom stereocenters. The fourth-order valence-corrected chi connectivity index (χ4v) is 2.38. The number of rotatable bonds is 7. The van der Waals surface area contributed by atoms with Gasteiger partial charge in [-0.25, -0.2) is 0 Å². The van der Waals surface area contributed by atoms with Crippen molar-refractivity contribution in [2.75, 3.05) is 32.6 Å². The molecule has 0 saturated carbocycles. The number of amides is 2. The van der Waals surface area contributed by atoms with E-state index in [1.165, 1.54) is 37.3 Å². The highest BCUT2D eigenvalue weighted by Crippen LogP contribution is 2.25. The average Bonchev–Trinajstić information content (AvgIpc) is 2.66. The number of ether oxygens (including phenoxy) is 2. The Balaban J connectivity index is 1.86. The van der Waals surface area contributed by atoms with Gasteiger partial charge in [0.25, 0.3) is 5.91 Å². The van der Waals surface area contributed by atoms with Crippen molar-refractivity contribution >= 4 is 29.1 Å². The van der Waals surface area contributed by atoms with Crippen LogP contribution in [0.25, 0.3) is 0 Å². The van der Waals surface area contributed by atoms with Gasteiger partial charge in [0, 0.05) is 18.8 Å². The zero-order chi connectivity index (χ0) is 19.8. The van der Waals surface area contributed by atoms with Crippen molar-refractivity contribution in [1.82, 2.24) is 4.90 Å². The third-order valence-corrected chi connectivity index (χ3v) is 3.87. The van der Waals surface area contributed by atoms with E-state index in [1.54, 1.807) is 24.3 Å². The minimum absolute atomic E-state index is 0.138. The second-order valence-corrected chi connectivity index (χ2v) is 5.98. The second kappa shape index (κ2) is 9.46. The topological polar surface area (TPSA) is 91.7 Å². The Morgan fingerprint density at radius 3 is 2.70 bits per heavy atom. The van der Waals surface area contributed by atoms with E-state index in [4.69, 9.17) is 26.3 Å². The van der Waals surface area contributed by atoms with E-state index in [0.717, 1.165) is 0 Å². The molecule has 0 aliphatic rings. The van der Waals surface area contributed by atoms with E-state index < -0.39 is 5.91 Å². The number of nitriles is 1. The van der Waals surface area contributed by atoms with Crippen LogP contribution in [0.1, 0.15) is 5.56 Å². The molecule has 0 heterocycles. The highest BCUT2D eigenvalue weighted by Gasteiger charge is 2.15. The van der Waals surface area contributed by atoms with Crippen LogP contribution >= 0.6 is 11.6 Å². The van der Waals surface area contributed by atoms with Crippen molar-refractivity contribution in [2.24, 2.45) is 0 Å². The molecule has 27 heavy (non-hydrogen) atoms. The summed E-state index contributed by atoms with van der Waals surface area (Å²) in [4.78, 5) is 25.5. The molecule has 0 spiro atoms. The molecule has 2 aromatic rings. The highest BCUT2D eigenvalue weighted by molar-refractivity contribution is 6.32. The van der Waals surface area contributed by atoms with Gasteiger partial charge in [-0.1, -0.05) is 17.7 Å². The maximum atomic E-state index is 12.1. The van der Waals surface area contributed by atoms with Crippen LogP contribution in [0.3, 0.4) is 0 Å². The number of likely N-dealkylation sites (N-methyl/N-ethyl adjacent to an activating group) is 1. The molecule has 2 aromatic carbocycles. The van der Waals surface area contributed by atoms with Gasteiger partial charge in [0.2, 0.25) is 5.91 Å². The summed E-state index contributed by atoms with van der Waals surface area (Å²) in [5.41, 5.74) is 0.964. The summed E-state index contributed by atoms with van der Waals surface area (Å²) in [6.45, 7) is -0.422. The quantitative estimate of drug-likeness (QED) is 0.788. The Hall–Kier alpha value is -3.24. The van der Waals surface area contributed by atoms with E-state index >= 15 is 0 Å². The van der Waals surface area contributed by atoms with Crippen LogP contribution in [0.2, 0.25) is 5.02 Å². The van der Waals surface area contributed by atoms with Gasteiger partial charge in [0.1, 0.15) is 11.5 Å². The first-order valence-corrected chi connectivity index (χ1v) is 8.31. The third-order valence-electron chi connectivity index (χ3n) is 3.57. The van der Waals surface area contributed by atoms with Crippen LogP contribution in [0.15, 0.2) is 42.5 Å². The van der Waals surface area contributed by atoms with Crippen LogP contribution in [0, 0.1) is 11.3 Å². The first-order valence-electron chi connectivity index (χ1n) is 7.93. The molecule has 1 N–H and O–H groups in total.